The molecule has 0 bridgehead atoms. The summed E-state index contributed by atoms with van der Waals surface area (Å²) in [6, 6.07) is 0.343. The first-order chi connectivity index (χ1) is 4.70. The maximum atomic E-state index is 11.6. The van der Waals surface area contributed by atoms with Crippen molar-refractivity contribution in [1.29, 1.82) is 0 Å². The molecule has 0 fully saturated rings. The number of hydrogen-bond donors (Lipinski definition) is 0. The Morgan fingerprint density at radius 1 is 1.30 bits per heavy atom. The average molecular weight is 169 g/mol. The zero-order chi connectivity index (χ0) is 7.98. The van der Waals surface area contributed by atoms with E-state index in [0.29, 0.717) is 6.04 Å². The fourth-order valence-electron chi connectivity index (χ4n) is 0.514. The van der Waals surface area contributed by atoms with Gasteiger partial charge in [-0.2, -0.15) is 0 Å². The zero-order valence-corrected chi connectivity index (χ0v) is 7.06. The van der Waals surface area contributed by atoms with Gasteiger partial charge in [0.05, 0.1) is 0 Å². The quantitative estimate of drug-likeness (QED) is 0.579. The second-order valence-electron chi connectivity index (χ2n) is 1.71. The highest BCUT2D eigenvalue weighted by atomic mass is 28.3. The van der Waals surface area contributed by atoms with E-state index in [9.17, 15) is 8.78 Å². The van der Waals surface area contributed by atoms with Crippen LogP contribution in [0.3, 0.4) is 0 Å². The third-order valence-electron chi connectivity index (χ3n) is 1.02. The molecule has 0 N–H and O–H groups in total. The van der Waals surface area contributed by atoms with Crippen molar-refractivity contribution in [3.8, 4) is 0 Å². The van der Waals surface area contributed by atoms with Gasteiger partial charge in [0.2, 0.25) is 6.43 Å². The van der Waals surface area contributed by atoms with Crippen LogP contribution in [0.5, 0.6) is 0 Å². The van der Waals surface area contributed by atoms with Crippen molar-refractivity contribution in [2.24, 2.45) is 0 Å². The van der Waals surface area contributed by atoms with E-state index in [2.05, 4.69) is 0 Å². The Morgan fingerprint density at radius 3 is 2.10 bits per heavy atom. The van der Waals surface area contributed by atoms with Gasteiger partial charge in [0.1, 0.15) is 0 Å². The summed E-state index contributed by atoms with van der Waals surface area (Å²) in [5.41, 5.74) is 0. The van der Waals surface area contributed by atoms with E-state index >= 15 is 0 Å². The third kappa shape index (κ3) is 4.84. The van der Waals surface area contributed by atoms with Crippen molar-refractivity contribution in [3.63, 3.8) is 0 Å². The largest absolute Gasteiger partial charge is 0.397 e. The molecule has 0 aliphatic heterocycles. The topological polar surface area (TPSA) is 18.5 Å². The molecule has 2 nitrogen and oxygen atoms in total. The Morgan fingerprint density at radius 2 is 1.80 bits per heavy atom. The summed E-state index contributed by atoms with van der Waals surface area (Å²) in [5, 5.41) is 0. The molecule has 0 aliphatic rings. The van der Waals surface area contributed by atoms with Gasteiger partial charge in [-0.15, -0.1) is 0 Å². The van der Waals surface area contributed by atoms with E-state index in [-0.39, 0.29) is 6.42 Å². The molecule has 0 aromatic rings. The lowest BCUT2D eigenvalue weighted by Gasteiger charge is -2.07. The Hall–Kier alpha value is -0.00312. The minimum absolute atomic E-state index is 0.129. The van der Waals surface area contributed by atoms with Crippen LogP contribution >= 0.6 is 0 Å². The number of hydrogen-bond acceptors (Lipinski definition) is 2. The summed E-state index contributed by atoms with van der Waals surface area (Å²) in [6.45, 7) is 0. The molecule has 0 amide bonds. The Balaban J connectivity index is 3.26. The molecular formula is C5H11F2O2Si. The van der Waals surface area contributed by atoms with Crippen LogP contribution in [0, 0.1) is 0 Å². The first-order valence-corrected chi connectivity index (χ1v) is 4.45. The van der Waals surface area contributed by atoms with E-state index in [1.807, 2.05) is 0 Å². The van der Waals surface area contributed by atoms with Crippen molar-refractivity contribution < 1.29 is 17.6 Å². The SMILES string of the molecule is CO[Si](CCC(F)F)OC. The highest BCUT2D eigenvalue weighted by Gasteiger charge is 2.14. The van der Waals surface area contributed by atoms with Crippen LogP contribution < -0.4 is 0 Å². The van der Waals surface area contributed by atoms with Crippen molar-refractivity contribution >= 4 is 9.28 Å². The molecule has 0 atom stereocenters. The molecule has 0 heterocycles. The highest BCUT2D eigenvalue weighted by molar-refractivity contribution is 6.44. The van der Waals surface area contributed by atoms with E-state index in [0.717, 1.165) is 0 Å². The minimum Gasteiger partial charge on any atom is -0.397 e. The fraction of sp³-hybridized carbons (Fsp3) is 1.00. The summed E-state index contributed by atoms with van der Waals surface area (Å²) in [5.74, 6) is 0. The van der Waals surface area contributed by atoms with Gasteiger partial charge in [0, 0.05) is 20.6 Å². The van der Waals surface area contributed by atoms with Crippen molar-refractivity contribution in [1.82, 2.24) is 0 Å². The molecule has 0 spiro atoms. The predicted molar refractivity (Wildman–Crippen MR) is 35.2 cm³/mol. The normalized spacial score (nSPS) is 11.4. The molecule has 0 aromatic heterocycles. The lowest BCUT2D eigenvalue weighted by Crippen LogP contribution is -2.19. The second kappa shape index (κ2) is 5.76. The average Bonchev–Trinajstić information content (AvgIpc) is 1.90. The maximum absolute atomic E-state index is 11.6. The minimum atomic E-state index is -2.25. The smallest absolute Gasteiger partial charge is 0.384 e. The molecule has 0 rings (SSSR count). The van der Waals surface area contributed by atoms with Crippen LogP contribution in [-0.2, 0) is 8.85 Å². The molecule has 0 saturated carbocycles. The summed E-state index contributed by atoms with van der Waals surface area (Å²) in [4.78, 5) is 0. The lowest BCUT2D eigenvalue weighted by molar-refractivity contribution is 0.139. The Labute approximate surface area is 61.0 Å². The molecular weight excluding hydrogens is 158 g/mol. The van der Waals surface area contributed by atoms with E-state index in [1.54, 1.807) is 0 Å². The Kier molecular flexibility index (Phi) is 5.76. The number of rotatable bonds is 5. The van der Waals surface area contributed by atoms with Gasteiger partial charge in [0.15, 0.2) is 0 Å². The summed E-state index contributed by atoms with van der Waals surface area (Å²) in [7, 11) is 1.55. The lowest BCUT2D eigenvalue weighted by atomic mass is 10.5. The molecule has 0 aliphatic carbocycles. The van der Waals surface area contributed by atoms with Gasteiger partial charge in [-0.3, -0.25) is 0 Å². The van der Waals surface area contributed by atoms with Gasteiger partial charge in [-0.1, -0.05) is 0 Å². The van der Waals surface area contributed by atoms with Gasteiger partial charge >= 0.3 is 9.28 Å². The van der Waals surface area contributed by atoms with Gasteiger partial charge < -0.3 is 8.85 Å². The standard InChI is InChI=1S/C5H11F2O2Si/c1-8-10(9-2)4-3-5(6)7/h5H,3-4H2,1-2H3. The fourth-order valence-corrected chi connectivity index (χ4v) is 1.54. The van der Waals surface area contributed by atoms with Crippen molar-refractivity contribution in [3.05, 3.63) is 0 Å². The molecule has 1 radical (unpaired) electrons. The van der Waals surface area contributed by atoms with Crippen LogP contribution in [0.2, 0.25) is 6.04 Å². The van der Waals surface area contributed by atoms with Gasteiger partial charge in [-0.25, -0.2) is 8.78 Å². The van der Waals surface area contributed by atoms with E-state index < -0.39 is 15.7 Å². The highest BCUT2D eigenvalue weighted by Crippen LogP contribution is 2.06. The van der Waals surface area contributed by atoms with Crippen LogP contribution in [0.4, 0.5) is 8.78 Å². The molecule has 5 heteroatoms. The van der Waals surface area contributed by atoms with Crippen LogP contribution in [0.15, 0.2) is 0 Å². The monoisotopic (exact) mass is 169 g/mol. The van der Waals surface area contributed by atoms with E-state index in [4.69, 9.17) is 8.85 Å². The summed E-state index contributed by atoms with van der Waals surface area (Å²) in [6.07, 6.45) is -2.37. The molecule has 10 heavy (non-hydrogen) atoms. The Bertz CT molecular complexity index is 78.0. The zero-order valence-electron chi connectivity index (χ0n) is 6.06. The number of halogens is 2. The molecule has 61 valence electrons. The predicted octanol–water partition coefficient (Wildman–Crippen LogP) is 1.42. The molecule has 0 unspecified atom stereocenters. The van der Waals surface area contributed by atoms with Crippen LogP contribution in [-0.4, -0.2) is 29.9 Å². The molecule has 0 saturated heterocycles. The summed E-state index contributed by atoms with van der Waals surface area (Å²) >= 11 is 0. The van der Waals surface area contributed by atoms with Crippen molar-refractivity contribution in [2.75, 3.05) is 14.2 Å². The first-order valence-electron chi connectivity index (χ1n) is 2.92. The van der Waals surface area contributed by atoms with E-state index in [1.165, 1.54) is 14.2 Å². The molecule has 0 aromatic carbocycles. The van der Waals surface area contributed by atoms with Crippen LogP contribution in [0.25, 0.3) is 0 Å². The number of alkyl halides is 2. The second-order valence-corrected chi connectivity index (χ2v) is 3.77. The maximum Gasteiger partial charge on any atom is 0.384 e. The first kappa shape index (κ1) is 10.00. The van der Waals surface area contributed by atoms with Gasteiger partial charge in [0.25, 0.3) is 0 Å². The van der Waals surface area contributed by atoms with Gasteiger partial charge in [-0.05, 0) is 6.04 Å². The van der Waals surface area contributed by atoms with Crippen molar-refractivity contribution in [2.45, 2.75) is 18.9 Å². The summed E-state index contributed by atoms with van der Waals surface area (Å²) < 4.78 is 32.7. The third-order valence-corrected chi connectivity index (χ3v) is 2.63. The van der Waals surface area contributed by atoms with Crippen LogP contribution in [0.1, 0.15) is 6.42 Å².